The molecule has 140 valence electrons. The van der Waals surface area contributed by atoms with Crippen LogP contribution in [0.5, 0.6) is 0 Å². The molecule has 0 fully saturated rings. The van der Waals surface area contributed by atoms with Gasteiger partial charge in [-0.2, -0.15) is 0 Å². The molecule has 0 aliphatic carbocycles. The van der Waals surface area contributed by atoms with Gasteiger partial charge < -0.3 is 14.6 Å². The van der Waals surface area contributed by atoms with Crippen LogP contribution in [0.15, 0.2) is 41.3 Å². The lowest BCUT2D eigenvalue weighted by molar-refractivity contribution is 0.0757. The normalized spacial score (nSPS) is 11.0. The third-order valence-corrected chi connectivity index (χ3v) is 3.89. The summed E-state index contributed by atoms with van der Waals surface area (Å²) in [6.07, 6.45) is 2.28. The van der Waals surface area contributed by atoms with Crippen molar-refractivity contribution in [2.75, 3.05) is 13.2 Å². The van der Waals surface area contributed by atoms with Gasteiger partial charge in [0.05, 0.1) is 18.2 Å². The lowest BCUT2D eigenvalue weighted by Gasteiger charge is -2.11. The number of carbonyl (C=O) groups is 1. The number of nitrogens with one attached hydrogen (secondary N) is 1. The van der Waals surface area contributed by atoms with Gasteiger partial charge in [-0.25, -0.2) is 4.39 Å². The van der Waals surface area contributed by atoms with Crippen LogP contribution in [0.2, 0.25) is 5.02 Å². The van der Waals surface area contributed by atoms with E-state index in [1.54, 1.807) is 6.07 Å². The summed E-state index contributed by atoms with van der Waals surface area (Å²) in [4.78, 5) is 24.2. The Morgan fingerprint density at radius 2 is 2.08 bits per heavy atom. The highest BCUT2D eigenvalue weighted by Crippen LogP contribution is 2.15. The second-order valence-electron chi connectivity index (χ2n) is 6.15. The Bertz CT molecular complexity index is 821. The third kappa shape index (κ3) is 5.97. The second-order valence-corrected chi connectivity index (χ2v) is 6.59. The van der Waals surface area contributed by atoms with Crippen molar-refractivity contribution in [1.82, 2.24) is 9.88 Å². The SMILES string of the molecule is CC(C)OCCCNC(=O)c1ccc(=O)n(Cc2ccc(Cl)cc2F)c1. The van der Waals surface area contributed by atoms with Crippen molar-refractivity contribution in [3.05, 3.63) is 68.8 Å². The van der Waals surface area contributed by atoms with Crippen LogP contribution >= 0.6 is 11.6 Å². The van der Waals surface area contributed by atoms with E-state index in [9.17, 15) is 14.0 Å². The van der Waals surface area contributed by atoms with Gasteiger partial charge >= 0.3 is 0 Å². The number of benzene rings is 1. The van der Waals surface area contributed by atoms with E-state index in [1.807, 2.05) is 13.8 Å². The molecule has 1 aromatic heterocycles. The van der Waals surface area contributed by atoms with Gasteiger partial charge in [0.1, 0.15) is 5.82 Å². The first-order valence-corrected chi connectivity index (χ1v) is 8.79. The fourth-order valence-corrected chi connectivity index (χ4v) is 2.48. The Hall–Kier alpha value is -2.18. The molecule has 0 radical (unpaired) electrons. The van der Waals surface area contributed by atoms with E-state index in [1.165, 1.54) is 35.0 Å². The van der Waals surface area contributed by atoms with Crippen molar-refractivity contribution in [2.45, 2.75) is 32.9 Å². The lowest BCUT2D eigenvalue weighted by Crippen LogP contribution is -2.28. The summed E-state index contributed by atoms with van der Waals surface area (Å²) in [7, 11) is 0. The summed E-state index contributed by atoms with van der Waals surface area (Å²) in [5.74, 6) is -0.788. The van der Waals surface area contributed by atoms with Gasteiger partial charge in [0.2, 0.25) is 0 Å². The fraction of sp³-hybridized carbons (Fsp3) is 0.368. The number of amides is 1. The average molecular weight is 381 g/mol. The predicted molar refractivity (Wildman–Crippen MR) is 99.3 cm³/mol. The van der Waals surface area contributed by atoms with E-state index in [2.05, 4.69) is 5.32 Å². The Kier molecular flexibility index (Phi) is 7.36. The summed E-state index contributed by atoms with van der Waals surface area (Å²) in [6, 6.07) is 7.02. The summed E-state index contributed by atoms with van der Waals surface area (Å²) in [6.45, 7) is 4.95. The Balaban J connectivity index is 2.02. The minimum Gasteiger partial charge on any atom is -0.379 e. The number of nitrogens with zero attached hydrogens (tertiary/aromatic N) is 1. The summed E-state index contributed by atoms with van der Waals surface area (Å²) in [5, 5.41) is 3.06. The lowest BCUT2D eigenvalue weighted by atomic mass is 10.2. The number of hydrogen-bond donors (Lipinski definition) is 1. The Morgan fingerprint density at radius 1 is 1.31 bits per heavy atom. The number of carbonyl (C=O) groups excluding carboxylic acids is 1. The van der Waals surface area contributed by atoms with Crippen LogP contribution in [0.1, 0.15) is 36.2 Å². The number of halogens is 2. The zero-order valence-corrected chi connectivity index (χ0v) is 15.6. The second kappa shape index (κ2) is 9.50. The maximum atomic E-state index is 13.9. The largest absolute Gasteiger partial charge is 0.379 e. The minimum absolute atomic E-state index is 0.0190. The molecule has 0 saturated carbocycles. The predicted octanol–water partition coefficient (Wildman–Crippen LogP) is 3.23. The molecule has 0 unspecified atom stereocenters. The monoisotopic (exact) mass is 380 g/mol. The highest BCUT2D eigenvalue weighted by Gasteiger charge is 2.10. The van der Waals surface area contributed by atoms with Crippen molar-refractivity contribution in [3.63, 3.8) is 0 Å². The summed E-state index contributed by atoms with van der Waals surface area (Å²) >= 11 is 5.74. The first-order valence-electron chi connectivity index (χ1n) is 8.41. The molecule has 7 heteroatoms. The third-order valence-electron chi connectivity index (χ3n) is 3.66. The molecule has 1 N–H and O–H groups in total. The zero-order valence-electron chi connectivity index (χ0n) is 14.8. The Labute approximate surface area is 156 Å². The Morgan fingerprint density at radius 3 is 2.77 bits per heavy atom. The van der Waals surface area contributed by atoms with Crippen LogP contribution < -0.4 is 10.9 Å². The molecule has 0 bridgehead atoms. The minimum atomic E-state index is -0.496. The van der Waals surface area contributed by atoms with Crippen LogP contribution in [0, 0.1) is 5.82 Å². The molecule has 0 aliphatic heterocycles. The van der Waals surface area contributed by atoms with Gasteiger partial charge in [-0.15, -0.1) is 0 Å². The highest BCUT2D eigenvalue weighted by molar-refractivity contribution is 6.30. The summed E-state index contributed by atoms with van der Waals surface area (Å²) < 4.78 is 20.6. The van der Waals surface area contributed by atoms with Crippen LogP contribution in [0.25, 0.3) is 0 Å². The molecule has 5 nitrogen and oxygen atoms in total. The molecule has 0 spiro atoms. The van der Waals surface area contributed by atoms with Crippen LogP contribution in [-0.2, 0) is 11.3 Å². The van der Waals surface area contributed by atoms with E-state index in [0.717, 1.165) is 0 Å². The van der Waals surface area contributed by atoms with Gasteiger partial charge in [0.25, 0.3) is 11.5 Å². The van der Waals surface area contributed by atoms with E-state index in [4.69, 9.17) is 16.3 Å². The first kappa shape index (κ1) is 20.1. The molecule has 1 heterocycles. The van der Waals surface area contributed by atoms with Gasteiger partial charge in [-0.1, -0.05) is 17.7 Å². The van der Waals surface area contributed by atoms with Gasteiger partial charge in [0, 0.05) is 36.0 Å². The molecule has 0 aliphatic rings. The standard InChI is InChI=1S/C19H22ClFN2O3/c1-13(2)26-9-3-8-22-19(25)15-5-7-18(24)23(12-15)11-14-4-6-16(20)10-17(14)21/h4-7,10,12-13H,3,8-9,11H2,1-2H3,(H,22,25). The smallest absolute Gasteiger partial charge is 0.252 e. The maximum Gasteiger partial charge on any atom is 0.252 e. The molecule has 2 rings (SSSR count). The average Bonchev–Trinajstić information content (AvgIpc) is 2.58. The molecule has 1 amide bonds. The number of ether oxygens (including phenoxy) is 1. The van der Waals surface area contributed by atoms with E-state index >= 15 is 0 Å². The molecule has 2 aromatic rings. The van der Waals surface area contributed by atoms with E-state index < -0.39 is 5.82 Å². The summed E-state index contributed by atoms with van der Waals surface area (Å²) in [5.41, 5.74) is 0.338. The number of pyridine rings is 1. The van der Waals surface area contributed by atoms with Crippen molar-refractivity contribution < 1.29 is 13.9 Å². The topological polar surface area (TPSA) is 60.3 Å². The first-order chi connectivity index (χ1) is 12.4. The fourth-order valence-electron chi connectivity index (χ4n) is 2.32. The van der Waals surface area contributed by atoms with Crippen molar-refractivity contribution >= 4 is 17.5 Å². The maximum absolute atomic E-state index is 13.9. The molecular weight excluding hydrogens is 359 g/mol. The molecule has 26 heavy (non-hydrogen) atoms. The van der Waals surface area contributed by atoms with E-state index in [0.29, 0.717) is 30.7 Å². The van der Waals surface area contributed by atoms with E-state index in [-0.39, 0.29) is 29.1 Å². The van der Waals surface area contributed by atoms with Crippen molar-refractivity contribution in [2.24, 2.45) is 0 Å². The number of aromatic nitrogens is 1. The quantitative estimate of drug-likeness (QED) is 0.715. The van der Waals surface area contributed by atoms with Crippen LogP contribution in [0.3, 0.4) is 0 Å². The van der Waals surface area contributed by atoms with Gasteiger partial charge in [0.15, 0.2) is 0 Å². The highest BCUT2D eigenvalue weighted by atomic mass is 35.5. The molecule has 0 atom stereocenters. The molecule has 1 aromatic carbocycles. The zero-order chi connectivity index (χ0) is 19.1. The number of rotatable bonds is 8. The van der Waals surface area contributed by atoms with Gasteiger partial charge in [-0.3, -0.25) is 9.59 Å². The van der Waals surface area contributed by atoms with Crippen LogP contribution in [-0.4, -0.2) is 29.7 Å². The van der Waals surface area contributed by atoms with Crippen molar-refractivity contribution in [3.8, 4) is 0 Å². The van der Waals surface area contributed by atoms with Gasteiger partial charge in [-0.05, 0) is 38.5 Å². The van der Waals surface area contributed by atoms with Crippen molar-refractivity contribution in [1.29, 1.82) is 0 Å². The molecule has 0 saturated heterocycles. The van der Waals surface area contributed by atoms with Crippen LogP contribution in [0.4, 0.5) is 4.39 Å². The number of hydrogen-bond acceptors (Lipinski definition) is 3. The molecular formula is C19H22ClFN2O3.